The van der Waals surface area contributed by atoms with E-state index in [1.807, 2.05) is 36.4 Å². The second-order valence-electron chi connectivity index (χ2n) is 7.87. The van der Waals surface area contributed by atoms with Crippen LogP contribution in [0.3, 0.4) is 0 Å². The molecule has 0 unspecified atom stereocenters. The normalized spacial score (nSPS) is 10.9. The third-order valence-corrected chi connectivity index (χ3v) is 6.11. The van der Waals surface area contributed by atoms with Crippen LogP contribution < -0.4 is 14.8 Å². The zero-order valence-electron chi connectivity index (χ0n) is 19.8. The summed E-state index contributed by atoms with van der Waals surface area (Å²) < 4.78 is 11.1. The monoisotopic (exact) mass is 571 g/mol. The number of amides is 1. The fraction of sp³-hybridized carbons (Fsp3) is 0.0357. The van der Waals surface area contributed by atoms with E-state index in [-0.39, 0.29) is 28.4 Å². The van der Waals surface area contributed by atoms with Gasteiger partial charge in [0.1, 0.15) is 23.1 Å². The highest BCUT2D eigenvalue weighted by molar-refractivity contribution is 9.10. The van der Waals surface area contributed by atoms with E-state index in [2.05, 4.69) is 21.2 Å². The van der Waals surface area contributed by atoms with Crippen molar-refractivity contribution in [3.63, 3.8) is 0 Å². The first-order valence-corrected chi connectivity index (χ1v) is 11.8. The van der Waals surface area contributed by atoms with Crippen LogP contribution in [0.5, 0.6) is 11.5 Å². The summed E-state index contributed by atoms with van der Waals surface area (Å²) in [6, 6.07) is 23.1. The zero-order valence-corrected chi connectivity index (χ0v) is 21.4. The lowest BCUT2D eigenvalue weighted by atomic mass is 10.0. The number of nitrogens with zero attached hydrogens (tertiary/aromatic N) is 2. The Balaban J connectivity index is 1.53. The summed E-state index contributed by atoms with van der Waals surface area (Å²) in [7, 11) is 1.31. The number of hydrogen-bond acceptors (Lipinski definition) is 7. The molecule has 0 fully saturated rings. The topological polar surface area (TPSA) is 132 Å². The van der Waals surface area contributed by atoms with Crippen molar-refractivity contribution in [1.82, 2.24) is 0 Å². The maximum atomic E-state index is 12.9. The molecule has 1 amide bonds. The third kappa shape index (κ3) is 5.69. The standard InChI is InChI=1S/C28H18BrN3O6/c1-37-26-15-20(32(35)36)10-11-24(26)31-27(33)19(16-30)13-17-9-12-25(23(29)14-17)38-28(34)22-8-4-6-18-5-2-3-7-21(18)22/h2-15H,1H3,(H,31,33). The number of anilines is 1. The summed E-state index contributed by atoms with van der Waals surface area (Å²) in [6.45, 7) is 0. The summed E-state index contributed by atoms with van der Waals surface area (Å²) in [5.41, 5.74) is 0.647. The van der Waals surface area contributed by atoms with E-state index >= 15 is 0 Å². The van der Waals surface area contributed by atoms with E-state index in [4.69, 9.17) is 9.47 Å². The fourth-order valence-corrected chi connectivity index (χ4v) is 4.13. The molecule has 188 valence electrons. The first-order valence-electron chi connectivity index (χ1n) is 11.1. The van der Waals surface area contributed by atoms with Crippen LogP contribution in [0.1, 0.15) is 15.9 Å². The van der Waals surface area contributed by atoms with Gasteiger partial charge in [-0.1, -0.05) is 42.5 Å². The van der Waals surface area contributed by atoms with Gasteiger partial charge in [0.15, 0.2) is 0 Å². The van der Waals surface area contributed by atoms with Crippen LogP contribution in [0.25, 0.3) is 16.8 Å². The Labute approximate surface area is 225 Å². The maximum absolute atomic E-state index is 12.9. The van der Waals surface area contributed by atoms with E-state index in [1.54, 1.807) is 30.3 Å². The molecular formula is C28H18BrN3O6. The molecule has 0 radical (unpaired) electrons. The van der Waals surface area contributed by atoms with Gasteiger partial charge < -0.3 is 14.8 Å². The molecule has 0 aromatic heterocycles. The molecule has 38 heavy (non-hydrogen) atoms. The van der Waals surface area contributed by atoms with Crippen molar-refractivity contribution in [3.05, 3.63) is 110 Å². The molecule has 0 aliphatic rings. The third-order valence-electron chi connectivity index (χ3n) is 5.49. The Morgan fingerprint density at radius 2 is 1.79 bits per heavy atom. The lowest BCUT2D eigenvalue weighted by molar-refractivity contribution is -0.384. The Hall–Kier alpha value is -5.01. The van der Waals surface area contributed by atoms with Crippen molar-refractivity contribution in [2.45, 2.75) is 0 Å². The molecule has 0 spiro atoms. The number of halogens is 1. The average molecular weight is 572 g/mol. The first-order chi connectivity index (χ1) is 18.3. The molecule has 4 aromatic carbocycles. The van der Waals surface area contributed by atoms with Crippen molar-refractivity contribution in [2.24, 2.45) is 0 Å². The molecule has 1 N–H and O–H groups in total. The molecule has 4 rings (SSSR count). The van der Waals surface area contributed by atoms with Gasteiger partial charge in [0.05, 0.1) is 33.8 Å². The molecular weight excluding hydrogens is 554 g/mol. The van der Waals surface area contributed by atoms with Gasteiger partial charge in [0.2, 0.25) is 0 Å². The van der Waals surface area contributed by atoms with Gasteiger partial charge >= 0.3 is 5.97 Å². The number of carbonyl (C=O) groups is 2. The molecule has 0 atom stereocenters. The second kappa shape index (κ2) is 11.4. The van der Waals surface area contributed by atoms with E-state index < -0.39 is 16.8 Å². The number of rotatable bonds is 7. The Bertz CT molecular complexity index is 1650. The quantitative estimate of drug-likeness (QED) is 0.0688. The summed E-state index contributed by atoms with van der Waals surface area (Å²) in [6.07, 6.45) is 1.36. The molecule has 0 heterocycles. The molecule has 0 bridgehead atoms. The van der Waals surface area contributed by atoms with Crippen LogP contribution in [-0.2, 0) is 4.79 Å². The Kier molecular flexibility index (Phi) is 7.80. The highest BCUT2D eigenvalue weighted by Gasteiger charge is 2.17. The predicted molar refractivity (Wildman–Crippen MR) is 145 cm³/mol. The number of fused-ring (bicyclic) bond motifs is 1. The maximum Gasteiger partial charge on any atom is 0.344 e. The molecule has 0 saturated heterocycles. The van der Waals surface area contributed by atoms with Crippen molar-refractivity contribution >= 4 is 56.0 Å². The number of nitro benzene ring substituents is 1. The SMILES string of the molecule is COc1cc([N+](=O)[O-])ccc1NC(=O)C(C#N)=Cc1ccc(OC(=O)c2cccc3ccccc23)c(Br)c1. The van der Waals surface area contributed by atoms with E-state index in [0.717, 1.165) is 10.8 Å². The molecule has 0 aliphatic heterocycles. The number of ether oxygens (including phenoxy) is 2. The molecule has 9 nitrogen and oxygen atoms in total. The van der Waals surface area contributed by atoms with Gasteiger partial charge in [-0.25, -0.2) is 4.79 Å². The number of nitro groups is 1. The fourth-order valence-electron chi connectivity index (χ4n) is 3.65. The van der Waals surface area contributed by atoms with Gasteiger partial charge in [-0.2, -0.15) is 5.26 Å². The van der Waals surface area contributed by atoms with Crippen LogP contribution in [0.4, 0.5) is 11.4 Å². The lowest BCUT2D eigenvalue weighted by Crippen LogP contribution is -2.14. The minimum Gasteiger partial charge on any atom is -0.494 e. The highest BCUT2D eigenvalue weighted by atomic mass is 79.9. The second-order valence-corrected chi connectivity index (χ2v) is 8.73. The number of nitriles is 1. The summed E-state index contributed by atoms with van der Waals surface area (Å²) in [5.74, 6) is -0.925. The van der Waals surface area contributed by atoms with Crippen molar-refractivity contribution < 1.29 is 24.0 Å². The zero-order chi connectivity index (χ0) is 27.2. The van der Waals surface area contributed by atoms with Crippen molar-refractivity contribution in [2.75, 3.05) is 12.4 Å². The van der Waals surface area contributed by atoms with Crippen LogP contribution in [0.15, 0.2) is 88.9 Å². The summed E-state index contributed by atoms with van der Waals surface area (Å²) >= 11 is 3.38. The largest absolute Gasteiger partial charge is 0.494 e. The van der Waals surface area contributed by atoms with Gasteiger partial charge in [0.25, 0.3) is 11.6 Å². The number of hydrogen-bond donors (Lipinski definition) is 1. The number of methoxy groups -OCH3 is 1. The van der Waals surface area contributed by atoms with Gasteiger partial charge in [-0.15, -0.1) is 0 Å². The van der Waals surface area contributed by atoms with Crippen molar-refractivity contribution in [3.8, 4) is 17.6 Å². The first kappa shape index (κ1) is 26.1. The van der Waals surface area contributed by atoms with Crippen molar-refractivity contribution in [1.29, 1.82) is 5.26 Å². The van der Waals surface area contributed by atoms with Gasteiger partial charge in [-0.3, -0.25) is 14.9 Å². The summed E-state index contributed by atoms with van der Waals surface area (Å²) in [5, 5.41) is 24.7. The predicted octanol–water partition coefficient (Wildman–Crippen LogP) is 6.28. The minimum atomic E-state index is -0.734. The molecule has 0 saturated carbocycles. The van der Waals surface area contributed by atoms with Crippen LogP contribution in [0.2, 0.25) is 0 Å². The highest BCUT2D eigenvalue weighted by Crippen LogP contribution is 2.31. The number of benzene rings is 4. The smallest absolute Gasteiger partial charge is 0.344 e. The van der Waals surface area contributed by atoms with Gasteiger partial charge in [-0.05, 0) is 62.6 Å². The number of carbonyl (C=O) groups excluding carboxylic acids is 2. The van der Waals surface area contributed by atoms with Gasteiger partial charge in [0, 0.05) is 6.07 Å². The number of esters is 1. The Morgan fingerprint density at radius 3 is 2.50 bits per heavy atom. The van der Waals surface area contributed by atoms with E-state index in [1.165, 1.54) is 31.4 Å². The van der Waals surface area contributed by atoms with E-state index in [9.17, 15) is 25.0 Å². The summed E-state index contributed by atoms with van der Waals surface area (Å²) in [4.78, 5) is 36.0. The van der Waals surface area contributed by atoms with Crippen LogP contribution in [0, 0.1) is 21.4 Å². The number of non-ortho nitro benzene ring substituents is 1. The average Bonchev–Trinajstić information content (AvgIpc) is 2.92. The number of nitrogens with one attached hydrogen (secondary N) is 1. The Morgan fingerprint density at radius 1 is 1.03 bits per heavy atom. The van der Waals surface area contributed by atoms with Crippen LogP contribution >= 0.6 is 15.9 Å². The lowest BCUT2D eigenvalue weighted by Gasteiger charge is -2.10. The minimum absolute atomic E-state index is 0.0740. The van der Waals surface area contributed by atoms with Crippen LogP contribution in [-0.4, -0.2) is 23.9 Å². The van der Waals surface area contributed by atoms with E-state index in [0.29, 0.717) is 15.6 Å². The molecule has 4 aromatic rings. The molecule has 0 aliphatic carbocycles. The molecule has 10 heteroatoms.